The smallest absolute Gasteiger partial charge is 0.206 e. The predicted octanol–water partition coefficient (Wildman–Crippen LogP) is 5.51. The van der Waals surface area contributed by atoms with Crippen LogP contribution < -0.4 is 15.2 Å². The second-order valence-electron chi connectivity index (χ2n) is 10.1. The Bertz CT molecular complexity index is 1460. The molecule has 3 aromatic carbocycles. The average molecular weight is 459 g/mol. The summed E-state index contributed by atoms with van der Waals surface area (Å²) >= 11 is 0. The Morgan fingerprint density at radius 3 is 1.94 bits per heavy atom. The minimum atomic E-state index is 0.867. The molecule has 0 radical (unpaired) electrons. The molecule has 0 spiro atoms. The van der Waals surface area contributed by atoms with Crippen molar-refractivity contribution in [3.8, 4) is 0 Å². The van der Waals surface area contributed by atoms with Crippen molar-refractivity contribution < 1.29 is 4.74 Å². The molecule has 0 fully saturated rings. The summed E-state index contributed by atoms with van der Waals surface area (Å²) < 4.78 is 9.01. The van der Waals surface area contributed by atoms with Crippen LogP contribution in [0, 0.1) is 13.8 Å². The molecule has 0 N–H and O–H groups in total. The number of hydrogen-bond donors (Lipinski definition) is 0. The number of rotatable bonds is 3. The molecule has 0 saturated carbocycles. The Morgan fingerprint density at radius 2 is 1.31 bits per heavy atom. The first-order chi connectivity index (χ1) is 17.1. The third kappa shape index (κ3) is 4.53. The first-order valence-electron chi connectivity index (χ1n) is 12.8. The lowest BCUT2D eigenvalue weighted by Crippen LogP contribution is -2.44. The van der Waals surface area contributed by atoms with Crippen molar-refractivity contribution in [3.05, 3.63) is 129 Å². The highest BCUT2D eigenvalue weighted by Crippen LogP contribution is 2.32. The topological polar surface area (TPSA) is 12.2 Å². The van der Waals surface area contributed by atoms with Gasteiger partial charge in [-0.1, -0.05) is 65.7 Å². The van der Waals surface area contributed by atoms with E-state index in [1.54, 1.807) is 0 Å². The molecule has 3 aliphatic rings. The third-order valence-electron chi connectivity index (χ3n) is 7.33. The van der Waals surface area contributed by atoms with E-state index in [1.807, 2.05) is 0 Å². The third-order valence-corrected chi connectivity index (χ3v) is 7.33. The summed E-state index contributed by atoms with van der Waals surface area (Å²) in [4.78, 5) is 0. The van der Waals surface area contributed by atoms with Crippen LogP contribution in [-0.4, -0.2) is 13.1 Å². The molecule has 6 rings (SSSR count). The van der Waals surface area contributed by atoms with Gasteiger partial charge in [-0.25, -0.2) is 4.58 Å². The van der Waals surface area contributed by atoms with Crippen LogP contribution in [0.1, 0.15) is 46.2 Å². The van der Waals surface area contributed by atoms with Crippen molar-refractivity contribution in [1.29, 1.82) is 0 Å². The number of nitrogens with zero attached hydrogens (tertiary/aromatic N) is 1. The molecular weight excluding hydrogens is 426 g/mol. The van der Waals surface area contributed by atoms with E-state index in [4.69, 9.17) is 4.74 Å². The van der Waals surface area contributed by atoms with E-state index in [9.17, 15) is 0 Å². The standard InChI is InChI=1S/C33H32NO/c1-23-7-12-26(13-8-23)30-21-31(35-32(22-30)27-14-9-24(2)10-15-27)16-11-25-19-28-5-3-17-34-18-4-6-29(20-25)33(28)34/h7-16,19-22H,3-6,17-18H2,1-2H3/q+1/b31-16+. The molecule has 3 aromatic rings. The van der Waals surface area contributed by atoms with Crippen LogP contribution in [0.25, 0.3) is 17.4 Å². The maximum absolute atomic E-state index is 6.41. The van der Waals surface area contributed by atoms with E-state index < -0.39 is 0 Å². The molecule has 0 atom stereocenters. The highest BCUT2D eigenvalue weighted by molar-refractivity contribution is 5.85. The maximum Gasteiger partial charge on any atom is 0.206 e. The molecule has 35 heavy (non-hydrogen) atoms. The summed E-state index contributed by atoms with van der Waals surface area (Å²) in [7, 11) is 0. The van der Waals surface area contributed by atoms with E-state index in [0.29, 0.717) is 0 Å². The van der Waals surface area contributed by atoms with Crippen LogP contribution in [0.4, 0.5) is 0 Å². The molecule has 0 amide bonds. The van der Waals surface area contributed by atoms with Crippen LogP contribution in [0.3, 0.4) is 0 Å². The maximum atomic E-state index is 6.41. The molecule has 0 saturated heterocycles. The normalized spacial score (nSPS) is 17.9. The number of ether oxygens (including phenoxy) is 1. The second kappa shape index (κ2) is 9.19. The molecular formula is C33H32NO+. The van der Waals surface area contributed by atoms with E-state index in [2.05, 4.69) is 103 Å². The SMILES string of the molecule is Cc1ccc(C2=C/C(=C\C=c3cc4c5c(c3)CCC[N+]=5CCC4)OC(c3ccc(C)cc3)=C2)cc1. The summed E-state index contributed by atoms with van der Waals surface area (Å²) in [5.74, 6) is 1.76. The van der Waals surface area contributed by atoms with Gasteiger partial charge < -0.3 is 4.74 Å². The number of hydrogen-bond acceptors (Lipinski definition) is 1. The first kappa shape index (κ1) is 21.9. The molecule has 2 nitrogen and oxygen atoms in total. The molecule has 0 unspecified atom stereocenters. The number of aryl methyl sites for hydroxylation is 4. The summed E-state index contributed by atoms with van der Waals surface area (Å²) in [5.41, 5.74) is 9.01. The highest BCUT2D eigenvalue weighted by Gasteiger charge is 2.23. The van der Waals surface area contributed by atoms with E-state index in [1.165, 1.54) is 82.7 Å². The molecule has 0 aliphatic carbocycles. The molecule has 3 aliphatic heterocycles. The lowest BCUT2D eigenvalue weighted by atomic mass is 9.95. The van der Waals surface area contributed by atoms with Gasteiger partial charge in [-0.15, -0.1) is 0 Å². The molecule has 2 heteroatoms. The minimum absolute atomic E-state index is 0.867. The number of allylic oxidation sites excluding steroid dienone is 4. The van der Waals surface area contributed by atoms with Gasteiger partial charge in [0.2, 0.25) is 5.36 Å². The van der Waals surface area contributed by atoms with Crippen molar-refractivity contribution in [1.82, 2.24) is 4.58 Å². The van der Waals surface area contributed by atoms with Gasteiger partial charge in [0.25, 0.3) is 0 Å². The van der Waals surface area contributed by atoms with Gasteiger partial charge >= 0.3 is 0 Å². The van der Waals surface area contributed by atoms with Crippen molar-refractivity contribution in [2.45, 2.75) is 39.5 Å². The number of benzene rings is 3. The fourth-order valence-electron chi connectivity index (χ4n) is 5.48. The zero-order valence-electron chi connectivity index (χ0n) is 20.7. The Kier molecular flexibility index (Phi) is 5.74. The van der Waals surface area contributed by atoms with E-state index in [-0.39, 0.29) is 0 Å². The van der Waals surface area contributed by atoms with E-state index in [0.717, 1.165) is 17.1 Å². The Hall–Kier alpha value is -3.65. The summed E-state index contributed by atoms with van der Waals surface area (Å²) in [5, 5.41) is 2.79. The zero-order valence-corrected chi connectivity index (χ0v) is 20.7. The van der Waals surface area contributed by atoms with Gasteiger partial charge in [0.1, 0.15) is 24.6 Å². The lowest BCUT2D eigenvalue weighted by molar-refractivity contribution is 0.399. The van der Waals surface area contributed by atoms with Crippen LogP contribution in [-0.2, 0) is 17.6 Å². The summed E-state index contributed by atoms with van der Waals surface area (Å²) in [6.45, 7) is 6.66. The Labute approximate surface area is 207 Å². The van der Waals surface area contributed by atoms with Crippen molar-refractivity contribution in [2.75, 3.05) is 13.1 Å². The average Bonchev–Trinajstić information content (AvgIpc) is 2.88. The van der Waals surface area contributed by atoms with Gasteiger partial charge in [0, 0.05) is 29.5 Å². The van der Waals surface area contributed by atoms with Crippen molar-refractivity contribution in [3.63, 3.8) is 0 Å². The Morgan fingerprint density at radius 1 is 0.714 bits per heavy atom. The zero-order chi connectivity index (χ0) is 23.8. The van der Waals surface area contributed by atoms with Gasteiger partial charge in [-0.2, -0.15) is 0 Å². The Balaban J connectivity index is 1.42. The largest absolute Gasteiger partial charge is 0.457 e. The second-order valence-corrected chi connectivity index (χ2v) is 10.1. The fraction of sp³-hybridized carbons (Fsp3) is 0.242. The van der Waals surface area contributed by atoms with Gasteiger partial charge in [0.05, 0.1) is 0 Å². The summed E-state index contributed by atoms with van der Waals surface area (Å²) in [6, 6.07) is 22.1. The first-order valence-corrected chi connectivity index (χ1v) is 12.8. The highest BCUT2D eigenvalue weighted by atomic mass is 16.5. The molecule has 3 heterocycles. The lowest BCUT2D eigenvalue weighted by Gasteiger charge is -2.19. The van der Waals surface area contributed by atoms with Crippen molar-refractivity contribution >= 4 is 17.4 Å². The van der Waals surface area contributed by atoms with Gasteiger partial charge in [-0.05, 0) is 73.4 Å². The van der Waals surface area contributed by atoms with Gasteiger partial charge in [-0.3, -0.25) is 0 Å². The quantitative estimate of drug-likeness (QED) is 0.472. The van der Waals surface area contributed by atoms with Crippen LogP contribution in [0.2, 0.25) is 0 Å². The molecule has 174 valence electrons. The van der Waals surface area contributed by atoms with Crippen LogP contribution >= 0.6 is 0 Å². The molecule has 0 aromatic heterocycles. The predicted molar refractivity (Wildman–Crippen MR) is 145 cm³/mol. The van der Waals surface area contributed by atoms with Gasteiger partial charge in [0.15, 0.2) is 0 Å². The fourth-order valence-corrected chi connectivity index (χ4v) is 5.48. The summed E-state index contributed by atoms with van der Waals surface area (Å²) in [6.07, 6.45) is 13.6. The van der Waals surface area contributed by atoms with Crippen molar-refractivity contribution in [2.24, 2.45) is 0 Å². The van der Waals surface area contributed by atoms with Crippen LogP contribution in [0.15, 0.2) is 84.7 Å². The monoisotopic (exact) mass is 458 g/mol. The molecule has 0 bridgehead atoms. The minimum Gasteiger partial charge on any atom is -0.457 e. The van der Waals surface area contributed by atoms with Crippen LogP contribution in [0.5, 0.6) is 0 Å². The van der Waals surface area contributed by atoms with E-state index >= 15 is 0 Å².